The highest BCUT2D eigenvalue weighted by Gasteiger charge is 2.06. The molecule has 1 aromatic heterocycles. The Labute approximate surface area is 95.7 Å². The molecule has 0 saturated carbocycles. The monoisotopic (exact) mass is 274 g/mol. The van der Waals surface area contributed by atoms with Crippen molar-refractivity contribution in [3.63, 3.8) is 0 Å². The second kappa shape index (κ2) is 5.55. The summed E-state index contributed by atoms with van der Waals surface area (Å²) in [5, 5.41) is 0. The number of primary amides is 1. The Morgan fingerprint density at radius 1 is 1.67 bits per heavy atom. The van der Waals surface area contributed by atoms with E-state index in [9.17, 15) is 4.79 Å². The van der Waals surface area contributed by atoms with Crippen LogP contribution in [0.3, 0.4) is 0 Å². The third kappa shape index (κ3) is 3.75. The summed E-state index contributed by atoms with van der Waals surface area (Å²) in [5.41, 5.74) is 4.86. The molecule has 15 heavy (non-hydrogen) atoms. The molecule has 0 saturated heterocycles. The Hall–Kier alpha value is -1.30. The van der Waals surface area contributed by atoms with Crippen LogP contribution >= 0.6 is 15.9 Å². The molecular formula is C9H11BrN2O3. The molecule has 0 radical (unpaired) electrons. The second-order valence-corrected chi connectivity index (χ2v) is 3.58. The molecule has 1 rings (SSSR count). The SMILES string of the molecule is CCCOc1cc(OC(N)=O)ncc1Br. The zero-order valence-electron chi connectivity index (χ0n) is 8.20. The van der Waals surface area contributed by atoms with Gasteiger partial charge >= 0.3 is 6.09 Å². The van der Waals surface area contributed by atoms with E-state index in [1.807, 2.05) is 6.92 Å². The third-order valence-electron chi connectivity index (χ3n) is 1.46. The van der Waals surface area contributed by atoms with Crippen molar-refractivity contribution in [2.75, 3.05) is 6.61 Å². The van der Waals surface area contributed by atoms with Crippen LogP contribution in [0.4, 0.5) is 4.79 Å². The molecule has 1 amide bonds. The number of carbonyl (C=O) groups excluding carboxylic acids is 1. The molecule has 0 atom stereocenters. The van der Waals surface area contributed by atoms with Crippen molar-refractivity contribution in [1.82, 2.24) is 4.98 Å². The van der Waals surface area contributed by atoms with E-state index in [0.717, 1.165) is 6.42 Å². The number of nitrogens with two attached hydrogens (primary N) is 1. The van der Waals surface area contributed by atoms with Gasteiger partial charge in [0.05, 0.1) is 11.1 Å². The Morgan fingerprint density at radius 2 is 2.40 bits per heavy atom. The molecule has 0 aliphatic carbocycles. The lowest BCUT2D eigenvalue weighted by atomic mass is 10.4. The van der Waals surface area contributed by atoms with Crippen LogP contribution in [0.15, 0.2) is 16.7 Å². The summed E-state index contributed by atoms with van der Waals surface area (Å²) in [6.07, 6.45) is 1.48. The van der Waals surface area contributed by atoms with E-state index >= 15 is 0 Å². The first-order chi connectivity index (χ1) is 7.13. The number of nitrogens with zero attached hydrogens (tertiary/aromatic N) is 1. The molecule has 0 aliphatic heterocycles. The molecule has 6 heteroatoms. The Bertz CT molecular complexity index is 357. The van der Waals surface area contributed by atoms with E-state index in [2.05, 4.69) is 25.7 Å². The van der Waals surface area contributed by atoms with Gasteiger partial charge in [0.2, 0.25) is 5.88 Å². The summed E-state index contributed by atoms with van der Waals surface area (Å²) < 4.78 is 10.7. The van der Waals surface area contributed by atoms with Crippen LogP contribution in [0.5, 0.6) is 11.6 Å². The van der Waals surface area contributed by atoms with E-state index in [0.29, 0.717) is 16.8 Å². The summed E-state index contributed by atoms with van der Waals surface area (Å²) in [5.74, 6) is 0.694. The largest absolute Gasteiger partial charge is 0.492 e. The number of hydrogen-bond acceptors (Lipinski definition) is 4. The van der Waals surface area contributed by atoms with Gasteiger partial charge in [0, 0.05) is 12.3 Å². The van der Waals surface area contributed by atoms with Crippen molar-refractivity contribution in [3.8, 4) is 11.6 Å². The predicted molar refractivity (Wildman–Crippen MR) is 57.9 cm³/mol. The average molecular weight is 275 g/mol. The minimum Gasteiger partial charge on any atom is -0.492 e. The van der Waals surface area contributed by atoms with Gasteiger partial charge in [0.25, 0.3) is 0 Å². The van der Waals surface area contributed by atoms with Gasteiger partial charge in [-0.3, -0.25) is 0 Å². The lowest BCUT2D eigenvalue weighted by Gasteiger charge is -2.07. The van der Waals surface area contributed by atoms with Crippen LogP contribution in [0, 0.1) is 0 Å². The Morgan fingerprint density at radius 3 is 3.00 bits per heavy atom. The zero-order valence-corrected chi connectivity index (χ0v) is 9.78. The van der Waals surface area contributed by atoms with Crippen LogP contribution < -0.4 is 15.2 Å². The van der Waals surface area contributed by atoms with Gasteiger partial charge in [0.15, 0.2) is 0 Å². The quantitative estimate of drug-likeness (QED) is 0.912. The van der Waals surface area contributed by atoms with E-state index in [1.54, 1.807) is 0 Å². The van der Waals surface area contributed by atoms with Gasteiger partial charge in [-0.25, -0.2) is 9.78 Å². The average Bonchev–Trinajstić information content (AvgIpc) is 2.18. The van der Waals surface area contributed by atoms with E-state index in [4.69, 9.17) is 10.5 Å². The number of aromatic nitrogens is 1. The summed E-state index contributed by atoms with van der Waals surface area (Å²) in [4.78, 5) is 14.3. The van der Waals surface area contributed by atoms with E-state index < -0.39 is 6.09 Å². The van der Waals surface area contributed by atoms with Gasteiger partial charge < -0.3 is 15.2 Å². The van der Waals surface area contributed by atoms with E-state index in [1.165, 1.54) is 12.3 Å². The molecule has 5 nitrogen and oxygen atoms in total. The van der Waals surface area contributed by atoms with Crippen LogP contribution in [0.2, 0.25) is 0 Å². The Kier molecular flexibility index (Phi) is 4.36. The Balaban J connectivity index is 2.79. The molecule has 0 bridgehead atoms. The number of carbonyl (C=O) groups is 1. The number of ether oxygens (including phenoxy) is 2. The molecular weight excluding hydrogens is 264 g/mol. The molecule has 82 valence electrons. The molecule has 0 aromatic carbocycles. The standard InChI is InChI=1S/C9H11BrN2O3/c1-2-3-14-7-4-8(15-9(11)13)12-5-6(7)10/h4-5H,2-3H2,1H3,(H2,11,13). The third-order valence-corrected chi connectivity index (χ3v) is 2.06. The molecule has 1 aromatic rings. The predicted octanol–water partition coefficient (Wildman–Crippen LogP) is 2.09. The zero-order chi connectivity index (χ0) is 11.3. The first-order valence-corrected chi connectivity index (χ1v) is 5.18. The number of hydrogen-bond donors (Lipinski definition) is 1. The number of halogens is 1. The number of pyridine rings is 1. The number of amides is 1. The van der Waals surface area contributed by atoms with Gasteiger partial charge in [-0.15, -0.1) is 0 Å². The van der Waals surface area contributed by atoms with Crippen LogP contribution in [-0.2, 0) is 0 Å². The molecule has 0 spiro atoms. The minimum atomic E-state index is -0.897. The van der Waals surface area contributed by atoms with Crippen LogP contribution in [-0.4, -0.2) is 17.7 Å². The normalized spacial score (nSPS) is 9.73. The maximum absolute atomic E-state index is 10.5. The van der Waals surface area contributed by atoms with Gasteiger partial charge in [-0.2, -0.15) is 0 Å². The summed E-state index contributed by atoms with van der Waals surface area (Å²) >= 11 is 3.27. The van der Waals surface area contributed by atoms with Crippen LogP contribution in [0.1, 0.15) is 13.3 Å². The molecule has 2 N–H and O–H groups in total. The van der Waals surface area contributed by atoms with Crippen molar-refractivity contribution >= 4 is 22.0 Å². The lowest BCUT2D eigenvalue weighted by Crippen LogP contribution is -2.16. The van der Waals surface area contributed by atoms with Crippen LogP contribution in [0.25, 0.3) is 0 Å². The fourth-order valence-electron chi connectivity index (χ4n) is 0.884. The van der Waals surface area contributed by atoms with Crippen molar-refractivity contribution in [2.45, 2.75) is 13.3 Å². The van der Waals surface area contributed by atoms with Crippen molar-refractivity contribution in [3.05, 3.63) is 16.7 Å². The molecule has 0 unspecified atom stereocenters. The van der Waals surface area contributed by atoms with Gasteiger partial charge in [0.1, 0.15) is 5.75 Å². The van der Waals surface area contributed by atoms with Gasteiger partial charge in [-0.1, -0.05) is 6.92 Å². The lowest BCUT2D eigenvalue weighted by molar-refractivity contribution is 0.208. The first-order valence-electron chi connectivity index (χ1n) is 4.39. The highest BCUT2D eigenvalue weighted by Crippen LogP contribution is 2.27. The summed E-state index contributed by atoms with van der Waals surface area (Å²) in [7, 11) is 0. The fraction of sp³-hybridized carbons (Fsp3) is 0.333. The minimum absolute atomic E-state index is 0.122. The van der Waals surface area contributed by atoms with E-state index in [-0.39, 0.29) is 5.88 Å². The summed E-state index contributed by atoms with van der Waals surface area (Å²) in [6.45, 7) is 2.58. The topological polar surface area (TPSA) is 74.4 Å². The maximum Gasteiger partial charge on any atom is 0.411 e. The van der Waals surface area contributed by atoms with Crippen molar-refractivity contribution in [1.29, 1.82) is 0 Å². The molecule has 0 fully saturated rings. The highest BCUT2D eigenvalue weighted by molar-refractivity contribution is 9.10. The smallest absolute Gasteiger partial charge is 0.411 e. The van der Waals surface area contributed by atoms with Crippen molar-refractivity contribution in [2.24, 2.45) is 5.73 Å². The molecule has 0 aliphatic rings. The molecule has 1 heterocycles. The second-order valence-electron chi connectivity index (χ2n) is 2.72. The van der Waals surface area contributed by atoms with Crippen molar-refractivity contribution < 1.29 is 14.3 Å². The fourth-order valence-corrected chi connectivity index (χ4v) is 1.22. The summed E-state index contributed by atoms with van der Waals surface area (Å²) in [6, 6.07) is 1.50. The number of rotatable bonds is 4. The highest BCUT2D eigenvalue weighted by atomic mass is 79.9. The van der Waals surface area contributed by atoms with Gasteiger partial charge in [-0.05, 0) is 22.4 Å². The first kappa shape index (κ1) is 11.8. The maximum atomic E-state index is 10.5.